The lowest BCUT2D eigenvalue weighted by molar-refractivity contribution is -0.138. The molecule has 0 atom stereocenters. The van der Waals surface area contributed by atoms with Crippen LogP contribution in [0.25, 0.3) is 6.08 Å². The van der Waals surface area contributed by atoms with E-state index in [4.69, 9.17) is 14.2 Å². The molecule has 0 aromatic heterocycles. The van der Waals surface area contributed by atoms with Crippen molar-refractivity contribution in [3.63, 3.8) is 0 Å². The molecule has 1 aliphatic carbocycles. The maximum Gasteiger partial charge on any atom is 0.246 e. The minimum absolute atomic E-state index is 0.0697. The summed E-state index contributed by atoms with van der Waals surface area (Å²) in [5, 5.41) is 0. The number of hydrogen-bond donors (Lipinski definition) is 0. The van der Waals surface area contributed by atoms with E-state index in [1.165, 1.54) is 12.1 Å². The lowest BCUT2D eigenvalue weighted by Crippen LogP contribution is -2.50. The van der Waals surface area contributed by atoms with Crippen LogP contribution in [0.15, 0.2) is 48.5 Å². The molecular formula is C27H31FN2O5. The minimum atomic E-state index is -0.311. The summed E-state index contributed by atoms with van der Waals surface area (Å²) in [6.07, 6.45) is 5.31. The van der Waals surface area contributed by atoms with Crippen LogP contribution in [-0.4, -0.2) is 67.6 Å². The molecular weight excluding hydrogens is 451 g/mol. The molecule has 1 saturated carbocycles. The monoisotopic (exact) mass is 482 g/mol. The first-order valence-corrected chi connectivity index (χ1v) is 12.1. The van der Waals surface area contributed by atoms with E-state index in [9.17, 15) is 14.0 Å². The van der Waals surface area contributed by atoms with Gasteiger partial charge >= 0.3 is 0 Å². The fourth-order valence-corrected chi connectivity index (χ4v) is 3.87. The predicted octanol–water partition coefficient (Wildman–Crippen LogP) is 3.78. The molecule has 7 nitrogen and oxygen atoms in total. The molecule has 1 heterocycles. The number of amides is 2. The zero-order valence-corrected chi connectivity index (χ0v) is 20.0. The van der Waals surface area contributed by atoms with Crippen molar-refractivity contribution < 1.29 is 28.2 Å². The van der Waals surface area contributed by atoms with Crippen molar-refractivity contribution in [3.8, 4) is 17.2 Å². The van der Waals surface area contributed by atoms with Crippen LogP contribution in [0.5, 0.6) is 17.2 Å². The summed E-state index contributed by atoms with van der Waals surface area (Å²) in [6, 6.07) is 11.3. The first-order valence-electron chi connectivity index (χ1n) is 12.1. The van der Waals surface area contributed by atoms with Gasteiger partial charge in [0.05, 0.1) is 6.61 Å². The van der Waals surface area contributed by atoms with Crippen LogP contribution in [0, 0.1) is 11.7 Å². The van der Waals surface area contributed by atoms with E-state index in [1.807, 2.05) is 24.0 Å². The van der Waals surface area contributed by atoms with E-state index in [0.717, 1.165) is 18.4 Å². The van der Waals surface area contributed by atoms with Crippen LogP contribution < -0.4 is 14.2 Å². The Balaban J connectivity index is 1.27. The van der Waals surface area contributed by atoms with Gasteiger partial charge in [-0.05, 0) is 67.8 Å². The van der Waals surface area contributed by atoms with Crippen molar-refractivity contribution in [1.82, 2.24) is 9.80 Å². The van der Waals surface area contributed by atoms with E-state index < -0.39 is 0 Å². The molecule has 35 heavy (non-hydrogen) atoms. The zero-order chi connectivity index (χ0) is 24.6. The van der Waals surface area contributed by atoms with Crippen molar-refractivity contribution in [2.45, 2.75) is 19.8 Å². The molecule has 0 N–H and O–H groups in total. The Labute approximate surface area is 205 Å². The molecule has 2 amide bonds. The predicted molar refractivity (Wildman–Crippen MR) is 130 cm³/mol. The van der Waals surface area contributed by atoms with Gasteiger partial charge in [0.15, 0.2) is 11.5 Å². The smallest absolute Gasteiger partial charge is 0.246 e. The highest BCUT2D eigenvalue weighted by Gasteiger charge is 2.34. The molecule has 2 fully saturated rings. The van der Waals surface area contributed by atoms with Gasteiger partial charge in [-0.3, -0.25) is 9.59 Å². The Bertz CT molecular complexity index is 1040. The first-order chi connectivity index (χ1) is 17.0. The molecule has 8 heteroatoms. The third-order valence-electron chi connectivity index (χ3n) is 5.94. The quantitative estimate of drug-likeness (QED) is 0.381. The molecule has 0 bridgehead atoms. The summed E-state index contributed by atoms with van der Waals surface area (Å²) in [4.78, 5) is 28.5. The van der Waals surface area contributed by atoms with Crippen molar-refractivity contribution in [1.29, 1.82) is 0 Å². The molecule has 1 saturated heterocycles. The van der Waals surface area contributed by atoms with Crippen LogP contribution in [-0.2, 0) is 9.59 Å². The number of carbonyl (C=O) groups is 2. The molecule has 186 valence electrons. The van der Waals surface area contributed by atoms with Crippen molar-refractivity contribution in [2.24, 2.45) is 5.92 Å². The van der Waals surface area contributed by atoms with Crippen LogP contribution >= 0.6 is 0 Å². The number of ether oxygens (including phenoxy) is 3. The second kappa shape index (κ2) is 11.7. The number of halogens is 1. The third-order valence-corrected chi connectivity index (χ3v) is 5.94. The third kappa shape index (κ3) is 6.97. The number of benzene rings is 2. The molecule has 4 rings (SSSR count). The van der Waals surface area contributed by atoms with Crippen LogP contribution in [0.1, 0.15) is 25.3 Å². The molecule has 1 aliphatic heterocycles. The van der Waals surface area contributed by atoms with Crippen molar-refractivity contribution in [2.75, 3.05) is 46.0 Å². The Morgan fingerprint density at radius 1 is 0.914 bits per heavy atom. The maximum absolute atomic E-state index is 13.0. The lowest BCUT2D eigenvalue weighted by atomic mass is 10.1. The number of piperazine rings is 1. The summed E-state index contributed by atoms with van der Waals surface area (Å²) >= 11 is 0. The minimum Gasteiger partial charge on any atom is -0.490 e. The summed E-state index contributed by atoms with van der Waals surface area (Å²) in [5.41, 5.74) is 0.819. The van der Waals surface area contributed by atoms with Gasteiger partial charge in [-0.2, -0.15) is 0 Å². The highest BCUT2D eigenvalue weighted by atomic mass is 19.1. The summed E-state index contributed by atoms with van der Waals surface area (Å²) in [5.74, 6) is 1.80. The first kappa shape index (κ1) is 24.6. The fraction of sp³-hybridized carbons (Fsp3) is 0.407. The molecule has 0 radical (unpaired) electrons. The average Bonchev–Trinajstić information content (AvgIpc) is 3.73. The highest BCUT2D eigenvalue weighted by Crippen LogP contribution is 2.31. The van der Waals surface area contributed by atoms with Gasteiger partial charge < -0.3 is 24.0 Å². The standard InChI is InChI=1S/C27H31FN2O5/c1-2-33-25-19-20(3-11-24(25)35-18-17-34-23-9-7-22(28)8-10-23)4-12-26(31)29-13-15-30(16-14-29)27(32)21-5-6-21/h3-4,7-12,19,21H,2,5-6,13-18H2,1H3/b12-4+. The van der Waals surface area contributed by atoms with Gasteiger partial charge in [0.2, 0.25) is 11.8 Å². The Hall–Kier alpha value is -3.55. The van der Waals surface area contributed by atoms with Gasteiger partial charge in [-0.25, -0.2) is 4.39 Å². The Morgan fingerprint density at radius 3 is 2.29 bits per heavy atom. The average molecular weight is 483 g/mol. The van der Waals surface area contributed by atoms with E-state index in [0.29, 0.717) is 63.2 Å². The second-order valence-electron chi connectivity index (χ2n) is 8.55. The van der Waals surface area contributed by atoms with Crippen LogP contribution in [0.3, 0.4) is 0 Å². The summed E-state index contributed by atoms with van der Waals surface area (Å²) in [6.45, 7) is 5.25. The number of carbonyl (C=O) groups excluding carboxylic acids is 2. The normalized spacial score (nSPS) is 15.8. The zero-order valence-electron chi connectivity index (χ0n) is 20.0. The van der Waals surface area contributed by atoms with E-state index in [-0.39, 0.29) is 23.5 Å². The van der Waals surface area contributed by atoms with Crippen LogP contribution in [0.4, 0.5) is 4.39 Å². The van der Waals surface area contributed by atoms with E-state index in [1.54, 1.807) is 35.3 Å². The second-order valence-corrected chi connectivity index (χ2v) is 8.55. The Morgan fingerprint density at radius 2 is 1.60 bits per heavy atom. The van der Waals surface area contributed by atoms with Crippen LogP contribution in [0.2, 0.25) is 0 Å². The molecule has 0 spiro atoms. The number of nitrogens with zero attached hydrogens (tertiary/aromatic N) is 2. The SMILES string of the molecule is CCOc1cc(/C=C/C(=O)N2CCN(C(=O)C3CC3)CC2)ccc1OCCOc1ccc(F)cc1. The lowest BCUT2D eigenvalue weighted by Gasteiger charge is -2.34. The van der Waals surface area contributed by atoms with Gasteiger partial charge in [0, 0.05) is 38.2 Å². The number of rotatable bonds is 10. The van der Waals surface area contributed by atoms with Gasteiger partial charge in [-0.1, -0.05) is 6.07 Å². The van der Waals surface area contributed by atoms with E-state index in [2.05, 4.69) is 0 Å². The maximum atomic E-state index is 13.0. The largest absolute Gasteiger partial charge is 0.490 e. The molecule has 2 aromatic carbocycles. The fourth-order valence-electron chi connectivity index (χ4n) is 3.87. The molecule has 0 unspecified atom stereocenters. The topological polar surface area (TPSA) is 68.3 Å². The van der Waals surface area contributed by atoms with Gasteiger partial charge in [0.25, 0.3) is 0 Å². The summed E-state index contributed by atoms with van der Waals surface area (Å²) < 4.78 is 30.0. The van der Waals surface area contributed by atoms with Gasteiger partial charge in [-0.15, -0.1) is 0 Å². The number of hydrogen-bond acceptors (Lipinski definition) is 5. The Kier molecular flexibility index (Phi) is 8.23. The van der Waals surface area contributed by atoms with E-state index >= 15 is 0 Å². The molecule has 2 aromatic rings. The van der Waals surface area contributed by atoms with Gasteiger partial charge in [0.1, 0.15) is 24.8 Å². The highest BCUT2D eigenvalue weighted by molar-refractivity contribution is 5.92. The molecule has 2 aliphatic rings. The van der Waals surface area contributed by atoms with Crippen molar-refractivity contribution in [3.05, 3.63) is 59.9 Å². The van der Waals surface area contributed by atoms with Crippen molar-refractivity contribution >= 4 is 17.9 Å². The summed E-state index contributed by atoms with van der Waals surface area (Å²) in [7, 11) is 0.